The Morgan fingerprint density at radius 3 is 2.24 bits per heavy atom. The molecule has 0 rings (SSSR count). The lowest BCUT2D eigenvalue weighted by molar-refractivity contribution is -0.143. The van der Waals surface area contributed by atoms with Crippen LogP contribution in [0, 0.1) is 5.92 Å². The van der Waals surface area contributed by atoms with Gasteiger partial charge in [-0.05, 0) is 39.0 Å². The predicted molar refractivity (Wildman–Crippen MR) is 72.8 cm³/mol. The molecule has 0 aromatic heterocycles. The lowest BCUT2D eigenvalue weighted by Gasteiger charge is -2.27. The third-order valence-corrected chi connectivity index (χ3v) is 3.56. The fraction of sp³-hybridized carbons (Fsp3) is 0.917. The standard InChI is InChI=1S/C12H27NO3Si/c1-10(2)9-11(12(14)15)13(3)7-8-16-17(4,5)6/h10-11H,7-9H2,1-6H3,(H,14,15)/t11-/m1/s1. The Morgan fingerprint density at radius 2 is 1.88 bits per heavy atom. The molecule has 102 valence electrons. The lowest BCUT2D eigenvalue weighted by Crippen LogP contribution is -2.42. The summed E-state index contributed by atoms with van der Waals surface area (Å²) in [5.74, 6) is -0.356. The number of carboxylic acid groups (broad SMARTS) is 1. The molecule has 0 radical (unpaired) electrons. The molecular weight excluding hydrogens is 234 g/mol. The lowest BCUT2D eigenvalue weighted by atomic mass is 10.0. The maximum atomic E-state index is 11.2. The second-order valence-corrected chi connectivity index (χ2v) is 10.4. The summed E-state index contributed by atoms with van der Waals surface area (Å²) in [5, 5.41) is 9.18. The number of nitrogens with zero attached hydrogens (tertiary/aromatic N) is 1. The first-order valence-corrected chi connectivity index (χ1v) is 9.61. The highest BCUT2D eigenvalue weighted by Gasteiger charge is 2.24. The van der Waals surface area contributed by atoms with Gasteiger partial charge in [0, 0.05) is 13.2 Å². The van der Waals surface area contributed by atoms with Crippen LogP contribution in [0.5, 0.6) is 0 Å². The van der Waals surface area contributed by atoms with Crippen molar-refractivity contribution in [3.8, 4) is 0 Å². The van der Waals surface area contributed by atoms with Crippen LogP contribution in [0.4, 0.5) is 0 Å². The Labute approximate surface area is 106 Å². The van der Waals surface area contributed by atoms with Gasteiger partial charge in [0.1, 0.15) is 6.04 Å². The Hall–Kier alpha value is -0.393. The topological polar surface area (TPSA) is 49.8 Å². The summed E-state index contributed by atoms with van der Waals surface area (Å²) in [4.78, 5) is 13.0. The summed E-state index contributed by atoms with van der Waals surface area (Å²) in [6.07, 6.45) is 0.679. The first kappa shape index (κ1) is 16.6. The van der Waals surface area contributed by atoms with Crippen LogP contribution in [0.2, 0.25) is 19.6 Å². The molecule has 0 fully saturated rings. The summed E-state index contributed by atoms with van der Waals surface area (Å²) in [6.45, 7) is 11.8. The zero-order valence-electron chi connectivity index (χ0n) is 12.0. The molecule has 0 saturated carbocycles. The molecule has 5 heteroatoms. The van der Waals surface area contributed by atoms with Crippen LogP contribution in [0.25, 0.3) is 0 Å². The van der Waals surface area contributed by atoms with Crippen molar-refractivity contribution in [1.29, 1.82) is 0 Å². The Kier molecular flexibility index (Phi) is 6.97. The monoisotopic (exact) mass is 261 g/mol. The number of rotatable bonds is 8. The highest BCUT2D eigenvalue weighted by atomic mass is 28.4. The third kappa shape index (κ3) is 8.35. The Balaban J connectivity index is 4.15. The molecule has 0 aliphatic heterocycles. The molecule has 4 nitrogen and oxygen atoms in total. The molecule has 0 saturated heterocycles. The molecule has 0 unspecified atom stereocenters. The van der Waals surface area contributed by atoms with E-state index in [0.29, 0.717) is 25.5 Å². The maximum Gasteiger partial charge on any atom is 0.320 e. The Bertz CT molecular complexity index is 238. The highest BCUT2D eigenvalue weighted by Crippen LogP contribution is 2.11. The quantitative estimate of drug-likeness (QED) is 0.681. The van der Waals surface area contributed by atoms with Crippen LogP contribution in [-0.2, 0) is 9.22 Å². The number of aliphatic carboxylic acids is 1. The summed E-state index contributed by atoms with van der Waals surface area (Å²) in [6, 6.07) is -0.403. The fourth-order valence-corrected chi connectivity index (χ4v) is 2.27. The van der Waals surface area contributed by atoms with Crippen molar-refractivity contribution >= 4 is 14.3 Å². The minimum atomic E-state index is -1.49. The van der Waals surface area contributed by atoms with E-state index in [4.69, 9.17) is 4.43 Å². The number of likely N-dealkylation sites (N-methyl/N-ethyl adjacent to an activating group) is 1. The van der Waals surface area contributed by atoms with E-state index in [0.717, 1.165) is 0 Å². The molecule has 0 bridgehead atoms. The average Bonchev–Trinajstić information content (AvgIpc) is 2.11. The van der Waals surface area contributed by atoms with E-state index in [-0.39, 0.29) is 0 Å². The average molecular weight is 261 g/mol. The van der Waals surface area contributed by atoms with Crippen LogP contribution in [0.1, 0.15) is 20.3 Å². The third-order valence-electron chi connectivity index (χ3n) is 2.49. The summed E-state index contributed by atoms with van der Waals surface area (Å²) < 4.78 is 5.74. The largest absolute Gasteiger partial charge is 0.480 e. The number of hydrogen-bond donors (Lipinski definition) is 1. The van der Waals surface area contributed by atoms with E-state index in [1.807, 2.05) is 25.8 Å². The predicted octanol–water partition coefficient (Wildman–Crippen LogP) is 2.27. The SMILES string of the molecule is CC(C)C[C@H](C(=O)O)N(C)CCO[Si](C)(C)C. The molecule has 0 spiro atoms. The minimum absolute atomic E-state index is 0.386. The van der Waals surface area contributed by atoms with Gasteiger partial charge >= 0.3 is 5.97 Å². The number of carboxylic acids is 1. The van der Waals surface area contributed by atoms with Crippen molar-refractivity contribution in [3.63, 3.8) is 0 Å². The Morgan fingerprint density at radius 1 is 1.35 bits per heavy atom. The molecule has 1 N–H and O–H groups in total. The van der Waals surface area contributed by atoms with Gasteiger partial charge in [0.2, 0.25) is 0 Å². The van der Waals surface area contributed by atoms with Crippen LogP contribution < -0.4 is 0 Å². The van der Waals surface area contributed by atoms with Gasteiger partial charge in [-0.1, -0.05) is 13.8 Å². The first-order valence-electron chi connectivity index (χ1n) is 6.20. The van der Waals surface area contributed by atoms with Crippen molar-refractivity contribution in [1.82, 2.24) is 4.90 Å². The van der Waals surface area contributed by atoms with Gasteiger partial charge in [-0.15, -0.1) is 0 Å². The molecule has 0 aliphatic carbocycles. The first-order chi connectivity index (χ1) is 7.63. The minimum Gasteiger partial charge on any atom is -0.480 e. The molecule has 0 aromatic carbocycles. The van der Waals surface area contributed by atoms with E-state index in [1.54, 1.807) is 0 Å². The zero-order chi connectivity index (χ0) is 13.6. The molecule has 0 aromatic rings. The zero-order valence-corrected chi connectivity index (χ0v) is 13.0. The van der Waals surface area contributed by atoms with E-state index >= 15 is 0 Å². The number of hydrogen-bond acceptors (Lipinski definition) is 3. The van der Waals surface area contributed by atoms with Crippen molar-refractivity contribution in [3.05, 3.63) is 0 Å². The van der Waals surface area contributed by atoms with Gasteiger partial charge in [-0.3, -0.25) is 9.69 Å². The fourth-order valence-electron chi connectivity index (χ4n) is 1.57. The van der Waals surface area contributed by atoms with Gasteiger partial charge in [0.05, 0.1) is 0 Å². The molecule has 0 heterocycles. The van der Waals surface area contributed by atoms with Crippen molar-refractivity contribution in [2.24, 2.45) is 5.92 Å². The van der Waals surface area contributed by atoms with E-state index < -0.39 is 20.3 Å². The molecule has 0 aliphatic rings. The van der Waals surface area contributed by atoms with Gasteiger partial charge in [0.25, 0.3) is 0 Å². The van der Waals surface area contributed by atoms with E-state index in [1.165, 1.54) is 0 Å². The summed E-state index contributed by atoms with van der Waals surface area (Å²) >= 11 is 0. The number of carbonyl (C=O) groups is 1. The smallest absolute Gasteiger partial charge is 0.320 e. The van der Waals surface area contributed by atoms with Gasteiger partial charge in [0.15, 0.2) is 8.32 Å². The van der Waals surface area contributed by atoms with Crippen molar-refractivity contribution in [2.45, 2.75) is 46.0 Å². The summed E-state index contributed by atoms with van der Waals surface area (Å²) in [5.41, 5.74) is 0. The van der Waals surface area contributed by atoms with Crippen LogP contribution in [-0.4, -0.2) is 50.5 Å². The van der Waals surface area contributed by atoms with E-state index in [2.05, 4.69) is 19.6 Å². The summed E-state index contributed by atoms with van der Waals surface area (Å²) in [7, 11) is 0.364. The highest BCUT2D eigenvalue weighted by molar-refractivity contribution is 6.69. The van der Waals surface area contributed by atoms with E-state index in [9.17, 15) is 9.90 Å². The van der Waals surface area contributed by atoms with Gasteiger partial charge < -0.3 is 9.53 Å². The molecule has 0 amide bonds. The van der Waals surface area contributed by atoms with Crippen LogP contribution in [0.15, 0.2) is 0 Å². The molecule has 17 heavy (non-hydrogen) atoms. The maximum absolute atomic E-state index is 11.2. The second kappa shape index (κ2) is 7.13. The van der Waals surface area contributed by atoms with Crippen molar-refractivity contribution < 1.29 is 14.3 Å². The van der Waals surface area contributed by atoms with Crippen molar-refractivity contribution in [2.75, 3.05) is 20.2 Å². The van der Waals surface area contributed by atoms with Gasteiger partial charge in [-0.25, -0.2) is 0 Å². The second-order valence-electron chi connectivity index (χ2n) is 5.93. The normalized spacial score (nSPS) is 14.4. The van der Waals surface area contributed by atoms with Crippen LogP contribution >= 0.6 is 0 Å². The van der Waals surface area contributed by atoms with Gasteiger partial charge in [-0.2, -0.15) is 0 Å². The van der Waals surface area contributed by atoms with Crippen LogP contribution in [0.3, 0.4) is 0 Å². The molecular formula is C12H27NO3Si. The molecule has 1 atom stereocenters.